The largest absolute Gasteiger partial charge is 0.508 e. The molecule has 2 aromatic carbocycles. The Morgan fingerprint density at radius 3 is 2.61 bits per heavy atom. The van der Waals surface area contributed by atoms with Gasteiger partial charge in [-0.15, -0.1) is 11.8 Å². The second-order valence-corrected chi connectivity index (χ2v) is 6.56. The minimum atomic E-state index is -0.761. The first-order chi connectivity index (χ1) is 11.0. The van der Waals surface area contributed by atoms with Gasteiger partial charge in [0.05, 0.1) is 10.3 Å². The molecule has 0 aromatic heterocycles. The summed E-state index contributed by atoms with van der Waals surface area (Å²) in [4.78, 5) is 24.6. The molecular formula is C17H15NO4S. The molecule has 1 aliphatic heterocycles. The molecule has 0 spiro atoms. The number of hydrogen-bond donors (Lipinski definition) is 1. The predicted octanol–water partition coefficient (Wildman–Crippen LogP) is 3.94. The summed E-state index contributed by atoms with van der Waals surface area (Å²) < 4.78 is 0. The van der Waals surface area contributed by atoms with Crippen molar-refractivity contribution in [3.8, 4) is 5.75 Å². The van der Waals surface area contributed by atoms with E-state index in [0.717, 1.165) is 10.5 Å². The molecule has 6 heteroatoms. The maximum Gasteiger partial charge on any atom is 0.269 e. The quantitative estimate of drug-likeness (QED) is 0.522. The van der Waals surface area contributed by atoms with Gasteiger partial charge in [-0.25, -0.2) is 0 Å². The van der Waals surface area contributed by atoms with Crippen LogP contribution in [0.4, 0.5) is 5.69 Å². The first kappa shape index (κ1) is 15.6. The zero-order valence-corrected chi connectivity index (χ0v) is 13.3. The molecule has 0 fully saturated rings. The van der Waals surface area contributed by atoms with Crippen LogP contribution in [0.1, 0.15) is 29.3 Å². The number of aromatic hydroxyl groups is 1. The van der Waals surface area contributed by atoms with Crippen LogP contribution in [-0.2, 0) is 5.41 Å². The molecule has 1 heterocycles. The van der Waals surface area contributed by atoms with Crippen molar-refractivity contribution < 1.29 is 14.8 Å². The molecule has 0 bridgehead atoms. The van der Waals surface area contributed by atoms with Gasteiger partial charge in [0.2, 0.25) is 0 Å². The summed E-state index contributed by atoms with van der Waals surface area (Å²) in [6.45, 7) is 1.92. The Balaban J connectivity index is 2.10. The first-order valence-corrected chi connectivity index (χ1v) is 8.22. The Labute approximate surface area is 137 Å². The maximum absolute atomic E-state index is 13.1. The SMILES string of the molecule is CCC1(C(=O)c2ccc(O)cc2)CSc2ccc([N+](=O)[O-])cc21. The number of Topliss-reactive ketones (excluding diaryl/α,β-unsaturated/α-hetero) is 1. The van der Waals surface area contributed by atoms with Crippen LogP contribution in [0.3, 0.4) is 0 Å². The fourth-order valence-electron chi connectivity index (χ4n) is 2.94. The summed E-state index contributed by atoms with van der Waals surface area (Å²) >= 11 is 1.55. The van der Waals surface area contributed by atoms with Crippen molar-refractivity contribution in [1.82, 2.24) is 0 Å². The number of rotatable bonds is 4. The molecule has 0 saturated heterocycles. The van der Waals surface area contributed by atoms with Gasteiger partial charge in [-0.1, -0.05) is 6.92 Å². The zero-order valence-electron chi connectivity index (χ0n) is 12.5. The number of nitro benzene ring substituents is 1. The van der Waals surface area contributed by atoms with E-state index >= 15 is 0 Å². The van der Waals surface area contributed by atoms with E-state index in [4.69, 9.17) is 0 Å². The fourth-order valence-corrected chi connectivity index (χ4v) is 4.41. The highest BCUT2D eigenvalue weighted by Crippen LogP contribution is 2.48. The zero-order chi connectivity index (χ0) is 16.6. The minimum absolute atomic E-state index is 0.00239. The summed E-state index contributed by atoms with van der Waals surface area (Å²) in [5.41, 5.74) is 0.479. The lowest BCUT2D eigenvalue weighted by molar-refractivity contribution is -0.385. The molecule has 1 atom stereocenters. The topological polar surface area (TPSA) is 80.4 Å². The van der Waals surface area contributed by atoms with Crippen molar-refractivity contribution in [2.75, 3.05) is 5.75 Å². The van der Waals surface area contributed by atoms with Crippen molar-refractivity contribution in [2.45, 2.75) is 23.7 Å². The Morgan fingerprint density at radius 2 is 2.00 bits per heavy atom. The third kappa shape index (κ3) is 2.49. The van der Waals surface area contributed by atoms with Crippen LogP contribution >= 0.6 is 11.8 Å². The third-order valence-electron chi connectivity index (χ3n) is 4.33. The van der Waals surface area contributed by atoms with Gasteiger partial charge in [0.25, 0.3) is 5.69 Å². The van der Waals surface area contributed by atoms with E-state index in [0.29, 0.717) is 17.7 Å². The van der Waals surface area contributed by atoms with Gasteiger partial charge < -0.3 is 5.11 Å². The number of nitrogens with zero attached hydrogens (tertiary/aromatic N) is 1. The van der Waals surface area contributed by atoms with Gasteiger partial charge >= 0.3 is 0 Å². The molecule has 0 radical (unpaired) electrons. The average molecular weight is 329 g/mol. The number of carbonyl (C=O) groups excluding carboxylic acids is 1. The lowest BCUT2D eigenvalue weighted by atomic mass is 9.74. The molecule has 23 heavy (non-hydrogen) atoms. The Kier molecular flexibility index (Phi) is 3.85. The smallest absolute Gasteiger partial charge is 0.269 e. The van der Waals surface area contributed by atoms with Crippen LogP contribution in [0.5, 0.6) is 5.75 Å². The van der Waals surface area contributed by atoms with Gasteiger partial charge in [0, 0.05) is 28.3 Å². The van der Waals surface area contributed by atoms with Crippen LogP contribution in [0.2, 0.25) is 0 Å². The van der Waals surface area contributed by atoms with Crippen LogP contribution in [0, 0.1) is 10.1 Å². The number of carbonyl (C=O) groups is 1. The van der Waals surface area contributed by atoms with Gasteiger partial charge in [0.1, 0.15) is 5.75 Å². The number of non-ortho nitro benzene ring substituents is 1. The molecule has 2 aromatic rings. The van der Waals surface area contributed by atoms with E-state index < -0.39 is 10.3 Å². The van der Waals surface area contributed by atoms with Crippen molar-refractivity contribution in [1.29, 1.82) is 0 Å². The summed E-state index contributed by atoms with van der Waals surface area (Å²) in [5, 5.41) is 20.5. The number of ketones is 1. The summed E-state index contributed by atoms with van der Waals surface area (Å²) in [7, 11) is 0. The average Bonchev–Trinajstić information content (AvgIpc) is 2.94. The van der Waals surface area contributed by atoms with Crippen LogP contribution in [-0.4, -0.2) is 21.6 Å². The monoisotopic (exact) mass is 329 g/mol. The van der Waals surface area contributed by atoms with E-state index in [1.165, 1.54) is 24.3 Å². The number of hydrogen-bond acceptors (Lipinski definition) is 5. The van der Waals surface area contributed by atoms with Gasteiger partial charge in [-0.3, -0.25) is 14.9 Å². The molecule has 1 aliphatic rings. The number of fused-ring (bicyclic) bond motifs is 1. The number of thioether (sulfide) groups is 1. The Bertz CT molecular complexity index is 788. The van der Waals surface area contributed by atoms with Crippen molar-refractivity contribution in [3.63, 3.8) is 0 Å². The summed E-state index contributed by atoms with van der Waals surface area (Å²) in [6.07, 6.45) is 0.563. The van der Waals surface area contributed by atoms with Gasteiger partial charge in [0.15, 0.2) is 5.78 Å². The van der Waals surface area contributed by atoms with Gasteiger partial charge in [-0.2, -0.15) is 0 Å². The molecular weight excluding hydrogens is 314 g/mol. The van der Waals surface area contributed by atoms with E-state index in [9.17, 15) is 20.0 Å². The maximum atomic E-state index is 13.1. The second kappa shape index (κ2) is 5.70. The normalized spacial score (nSPS) is 19.3. The number of phenolic OH excluding ortho intramolecular Hbond substituents is 1. The molecule has 0 amide bonds. The summed E-state index contributed by atoms with van der Waals surface area (Å²) in [6, 6.07) is 10.9. The number of phenols is 1. The Morgan fingerprint density at radius 1 is 1.30 bits per heavy atom. The molecule has 0 saturated carbocycles. The molecule has 1 N–H and O–H groups in total. The molecule has 3 rings (SSSR count). The van der Waals surface area contributed by atoms with E-state index in [2.05, 4.69) is 0 Å². The lowest BCUT2D eigenvalue weighted by Crippen LogP contribution is -2.35. The van der Waals surface area contributed by atoms with E-state index in [-0.39, 0.29) is 17.2 Å². The van der Waals surface area contributed by atoms with Crippen LogP contribution in [0.25, 0.3) is 0 Å². The fraction of sp³-hybridized carbons (Fsp3) is 0.235. The van der Waals surface area contributed by atoms with Crippen molar-refractivity contribution in [2.24, 2.45) is 0 Å². The predicted molar refractivity (Wildman–Crippen MR) is 88.2 cm³/mol. The van der Waals surface area contributed by atoms with E-state index in [1.54, 1.807) is 30.0 Å². The van der Waals surface area contributed by atoms with E-state index in [1.807, 2.05) is 6.92 Å². The van der Waals surface area contributed by atoms with Crippen molar-refractivity contribution in [3.05, 3.63) is 63.7 Å². The first-order valence-electron chi connectivity index (χ1n) is 7.23. The standard InChI is InChI=1S/C17H15NO4S/c1-2-17(16(20)11-3-6-13(19)7-4-11)10-23-15-8-5-12(18(21)22)9-14(15)17/h3-9,19H,2,10H2,1H3. The molecule has 118 valence electrons. The van der Waals surface area contributed by atoms with Crippen LogP contribution in [0.15, 0.2) is 47.4 Å². The number of benzene rings is 2. The lowest BCUT2D eigenvalue weighted by Gasteiger charge is -2.26. The summed E-state index contributed by atoms with van der Waals surface area (Å²) in [5.74, 6) is 0.607. The molecule has 1 unspecified atom stereocenters. The minimum Gasteiger partial charge on any atom is -0.508 e. The number of nitro groups is 1. The highest BCUT2D eigenvalue weighted by molar-refractivity contribution is 7.99. The highest BCUT2D eigenvalue weighted by atomic mass is 32.2. The van der Waals surface area contributed by atoms with Gasteiger partial charge in [-0.05, 0) is 42.3 Å². The van der Waals surface area contributed by atoms with Crippen LogP contribution < -0.4 is 0 Å². The highest BCUT2D eigenvalue weighted by Gasteiger charge is 2.45. The second-order valence-electron chi connectivity index (χ2n) is 5.54. The molecule has 0 aliphatic carbocycles. The Hall–Kier alpha value is -2.34. The third-order valence-corrected chi connectivity index (χ3v) is 5.64. The molecule has 5 nitrogen and oxygen atoms in total. The van der Waals surface area contributed by atoms with Crippen molar-refractivity contribution >= 4 is 23.2 Å².